The van der Waals surface area contributed by atoms with Crippen LogP contribution in [0, 0.1) is 0 Å². The lowest BCUT2D eigenvalue weighted by Gasteiger charge is -2.25. The molecule has 1 aliphatic rings. The molecule has 1 heterocycles. The molecule has 5 nitrogen and oxygen atoms in total. The summed E-state index contributed by atoms with van der Waals surface area (Å²) in [7, 11) is -1.59. The molecule has 1 saturated heterocycles. The largest absolute Gasteiger partial charge is 0.465 e. The second-order valence-corrected chi connectivity index (χ2v) is 7.49. The summed E-state index contributed by atoms with van der Waals surface area (Å²) in [5.74, 6) is -0.129. The number of benzene rings is 1. The summed E-state index contributed by atoms with van der Waals surface area (Å²) >= 11 is 5.88. The number of rotatable bonds is 3. The van der Waals surface area contributed by atoms with E-state index >= 15 is 0 Å². The van der Waals surface area contributed by atoms with Gasteiger partial charge in [0.25, 0.3) is 0 Å². The second kappa shape index (κ2) is 6.01. The van der Waals surface area contributed by atoms with Crippen molar-refractivity contribution in [1.82, 2.24) is 0 Å². The lowest BCUT2D eigenvalue weighted by Crippen LogP contribution is -2.32. The molecule has 0 aromatic heterocycles. The van der Waals surface area contributed by atoms with Crippen LogP contribution in [0.4, 0.5) is 5.69 Å². The summed E-state index contributed by atoms with van der Waals surface area (Å²) in [4.78, 5) is 11.7. The predicted octanol–water partition coefficient (Wildman–Crippen LogP) is 2.12. The molecule has 1 aliphatic heterocycles. The lowest BCUT2D eigenvalue weighted by atomic mass is 10.1. The van der Waals surface area contributed by atoms with Crippen LogP contribution in [0.2, 0.25) is 5.02 Å². The number of nitrogens with one attached hydrogen (secondary N) is 1. The van der Waals surface area contributed by atoms with Crippen LogP contribution in [0.3, 0.4) is 0 Å². The highest BCUT2D eigenvalue weighted by Crippen LogP contribution is 2.24. The molecule has 0 aliphatic carbocycles. The predicted molar refractivity (Wildman–Crippen MR) is 78.1 cm³/mol. The Labute approximate surface area is 123 Å². The summed E-state index contributed by atoms with van der Waals surface area (Å²) in [5.41, 5.74) is 0.971. The molecule has 0 radical (unpaired) electrons. The molecule has 2 rings (SSSR count). The van der Waals surface area contributed by atoms with Crippen molar-refractivity contribution >= 4 is 33.1 Å². The van der Waals surface area contributed by atoms with Crippen molar-refractivity contribution in [3.8, 4) is 0 Å². The topological polar surface area (TPSA) is 72.5 Å². The van der Waals surface area contributed by atoms with Gasteiger partial charge in [0, 0.05) is 16.8 Å². The van der Waals surface area contributed by atoms with Crippen LogP contribution in [-0.4, -0.2) is 39.0 Å². The third-order valence-corrected chi connectivity index (χ3v) is 5.25. The summed E-state index contributed by atoms with van der Waals surface area (Å²) in [5, 5.41) is 3.65. The van der Waals surface area contributed by atoms with Crippen LogP contribution in [0.1, 0.15) is 23.2 Å². The average Bonchev–Trinajstić information content (AvgIpc) is 2.42. The summed E-state index contributed by atoms with van der Waals surface area (Å²) in [6.45, 7) is 0. The molecule has 1 aromatic carbocycles. The van der Waals surface area contributed by atoms with E-state index in [0.29, 0.717) is 29.1 Å². The number of halogens is 1. The van der Waals surface area contributed by atoms with Crippen molar-refractivity contribution in [1.29, 1.82) is 0 Å². The highest BCUT2D eigenvalue weighted by atomic mass is 35.5. The fourth-order valence-corrected chi connectivity index (χ4v) is 3.84. The number of ether oxygens (including phenoxy) is 1. The minimum Gasteiger partial charge on any atom is -0.465 e. The minimum absolute atomic E-state index is 0.0307. The van der Waals surface area contributed by atoms with E-state index in [1.807, 2.05) is 0 Å². The van der Waals surface area contributed by atoms with Crippen molar-refractivity contribution in [2.75, 3.05) is 23.9 Å². The number of carbonyl (C=O) groups is 1. The molecule has 20 heavy (non-hydrogen) atoms. The van der Waals surface area contributed by atoms with Gasteiger partial charge in [-0.05, 0) is 31.0 Å². The molecular weight excluding hydrogens is 302 g/mol. The fraction of sp³-hybridized carbons (Fsp3) is 0.462. The molecule has 7 heteroatoms. The first-order valence-corrected chi connectivity index (χ1v) is 8.46. The van der Waals surface area contributed by atoms with Gasteiger partial charge in [-0.1, -0.05) is 11.6 Å². The van der Waals surface area contributed by atoms with Gasteiger partial charge in [-0.3, -0.25) is 0 Å². The SMILES string of the molecule is COC(=O)c1cc(Cl)ccc1NC1CCS(=O)(=O)CC1. The average molecular weight is 318 g/mol. The highest BCUT2D eigenvalue weighted by Gasteiger charge is 2.24. The number of hydrogen-bond donors (Lipinski definition) is 1. The van der Waals surface area contributed by atoms with E-state index in [1.54, 1.807) is 12.1 Å². The molecule has 1 N–H and O–H groups in total. The minimum atomic E-state index is -2.90. The van der Waals surface area contributed by atoms with Crippen molar-refractivity contribution in [2.45, 2.75) is 18.9 Å². The maximum atomic E-state index is 11.7. The fourth-order valence-electron chi connectivity index (χ4n) is 2.18. The number of anilines is 1. The monoisotopic (exact) mass is 317 g/mol. The molecule has 0 amide bonds. The van der Waals surface area contributed by atoms with E-state index in [9.17, 15) is 13.2 Å². The quantitative estimate of drug-likeness (QED) is 0.864. The third kappa shape index (κ3) is 3.64. The molecule has 110 valence electrons. The van der Waals surface area contributed by atoms with Crippen molar-refractivity contribution in [3.63, 3.8) is 0 Å². The standard InChI is InChI=1S/C13H16ClNO4S/c1-19-13(16)11-8-9(14)2-3-12(11)15-10-4-6-20(17,18)7-5-10/h2-3,8,10,15H,4-7H2,1H3. The number of sulfone groups is 1. The van der Waals surface area contributed by atoms with Gasteiger partial charge in [0.2, 0.25) is 0 Å². The van der Waals surface area contributed by atoms with E-state index < -0.39 is 15.8 Å². The van der Waals surface area contributed by atoms with Gasteiger partial charge in [0.15, 0.2) is 0 Å². The van der Waals surface area contributed by atoms with Crippen LogP contribution in [-0.2, 0) is 14.6 Å². The van der Waals surface area contributed by atoms with Gasteiger partial charge in [0.05, 0.1) is 24.2 Å². The molecule has 0 bridgehead atoms. The first-order valence-electron chi connectivity index (χ1n) is 6.26. The second-order valence-electron chi connectivity index (χ2n) is 4.75. The lowest BCUT2D eigenvalue weighted by molar-refractivity contribution is 0.0601. The van der Waals surface area contributed by atoms with E-state index in [1.165, 1.54) is 13.2 Å². The van der Waals surface area contributed by atoms with E-state index in [2.05, 4.69) is 5.32 Å². The molecule has 1 fully saturated rings. The van der Waals surface area contributed by atoms with Gasteiger partial charge in [-0.2, -0.15) is 0 Å². The molecular formula is C13H16ClNO4S. The summed E-state index contributed by atoms with van der Waals surface area (Å²) in [6, 6.07) is 4.95. The normalized spacial score (nSPS) is 18.5. The Kier molecular flexibility index (Phi) is 4.55. The molecule has 0 saturated carbocycles. The van der Waals surface area contributed by atoms with Crippen molar-refractivity contribution < 1.29 is 17.9 Å². The first-order chi connectivity index (χ1) is 9.41. The Hall–Kier alpha value is -1.27. The van der Waals surface area contributed by atoms with Crippen LogP contribution >= 0.6 is 11.6 Å². The van der Waals surface area contributed by atoms with Crippen LogP contribution in [0.5, 0.6) is 0 Å². The van der Waals surface area contributed by atoms with Gasteiger partial charge < -0.3 is 10.1 Å². The number of methoxy groups -OCH3 is 1. The Morgan fingerprint density at radius 3 is 2.60 bits per heavy atom. The maximum Gasteiger partial charge on any atom is 0.340 e. The molecule has 0 unspecified atom stereocenters. The molecule has 1 aromatic rings. The van der Waals surface area contributed by atoms with Crippen LogP contribution in [0.15, 0.2) is 18.2 Å². The Balaban J connectivity index is 2.15. The van der Waals surface area contributed by atoms with E-state index in [4.69, 9.17) is 16.3 Å². The zero-order valence-electron chi connectivity index (χ0n) is 11.1. The van der Waals surface area contributed by atoms with Gasteiger partial charge in [-0.25, -0.2) is 13.2 Å². The smallest absolute Gasteiger partial charge is 0.340 e. The van der Waals surface area contributed by atoms with Crippen molar-refractivity contribution in [3.05, 3.63) is 28.8 Å². The van der Waals surface area contributed by atoms with Crippen LogP contribution < -0.4 is 5.32 Å². The summed E-state index contributed by atoms with van der Waals surface area (Å²) in [6.07, 6.45) is 1.07. The Bertz CT molecular complexity index is 601. The Morgan fingerprint density at radius 1 is 1.35 bits per heavy atom. The zero-order chi connectivity index (χ0) is 14.8. The molecule has 0 spiro atoms. The van der Waals surface area contributed by atoms with Gasteiger partial charge in [-0.15, -0.1) is 0 Å². The Morgan fingerprint density at radius 2 is 2.00 bits per heavy atom. The molecule has 0 atom stereocenters. The number of hydrogen-bond acceptors (Lipinski definition) is 5. The first kappa shape index (κ1) is 15.1. The number of carbonyl (C=O) groups excluding carboxylic acids is 1. The third-order valence-electron chi connectivity index (χ3n) is 3.30. The number of esters is 1. The van der Waals surface area contributed by atoms with E-state index in [0.717, 1.165) is 0 Å². The van der Waals surface area contributed by atoms with Crippen LogP contribution in [0.25, 0.3) is 0 Å². The van der Waals surface area contributed by atoms with E-state index in [-0.39, 0.29) is 17.5 Å². The maximum absolute atomic E-state index is 11.7. The summed E-state index contributed by atoms with van der Waals surface area (Å²) < 4.78 is 27.5. The van der Waals surface area contributed by atoms with Gasteiger partial charge in [0.1, 0.15) is 9.84 Å². The zero-order valence-corrected chi connectivity index (χ0v) is 12.6. The van der Waals surface area contributed by atoms with Gasteiger partial charge >= 0.3 is 5.97 Å². The van der Waals surface area contributed by atoms with Crippen molar-refractivity contribution in [2.24, 2.45) is 0 Å². The highest BCUT2D eigenvalue weighted by molar-refractivity contribution is 7.91.